The van der Waals surface area contributed by atoms with Crippen molar-refractivity contribution in [2.75, 3.05) is 0 Å². The highest BCUT2D eigenvalue weighted by Crippen LogP contribution is 1.90. The van der Waals surface area contributed by atoms with Crippen molar-refractivity contribution in [3.63, 3.8) is 0 Å². The van der Waals surface area contributed by atoms with E-state index in [0.717, 1.165) is 0 Å². The van der Waals surface area contributed by atoms with Crippen LogP contribution in [0.2, 0.25) is 0 Å². The molecule has 13 heavy (non-hydrogen) atoms. The predicted octanol–water partition coefficient (Wildman–Crippen LogP) is -0.302. The molecule has 0 amide bonds. The van der Waals surface area contributed by atoms with Crippen LogP contribution in [0.4, 0.5) is 0 Å². The normalized spacial score (nSPS) is 10.5. The van der Waals surface area contributed by atoms with Crippen LogP contribution in [0.5, 0.6) is 0 Å². The van der Waals surface area contributed by atoms with Gasteiger partial charge in [-0.3, -0.25) is 9.59 Å². The third kappa shape index (κ3) is 1.10. The van der Waals surface area contributed by atoms with Gasteiger partial charge in [0.25, 0.3) is 0 Å². The number of nitrogens with zero attached hydrogens (tertiary/aromatic N) is 2. The molecular weight excluding hydrogens is 172 g/mol. The van der Waals surface area contributed by atoms with E-state index in [0.29, 0.717) is 4.73 Å². The molecule has 0 spiro atoms. The molecule has 0 aliphatic heterocycles. The van der Waals surface area contributed by atoms with E-state index >= 15 is 0 Å². The summed E-state index contributed by atoms with van der Waals surface area (Å²) in [5, 5.41) is 9.00. The molecule has 2 aromatic rings. The van der Waals surface area contributed by atoms with Crippen LogP contribution < -0.4 is 11.0 Å². The zero-order chi connectivity index (χ0) is 9.42. The van der Waals surface area contributed by atoms with Gasteiger partial charge in [0.05, 0.1) is 6.20 Å². The summed E-state index contributed by atoms with van der Waals surface area (Å²) < 4.78 is 1.91. The van der Waals surface area contributed by atoms with Gasteiger partial charge in [0, 0.05) is 24.5 Å². The smallest absolute Gasteiger partial charge is 0.307 e. The quantitative estimate of drug-likeness (QED) is 0.563. The highest BCUT2D eigenvalue weighted by Gasteiger charge is 1.99. The van der Waals surface area contributed by atoms with Crippen LogP contribution in [-0.4, -0.2) is 14.3 Å². The van der Waals surface area contributed by atoms with E-state index in [-0.39, 0.29) is 10.9 Å². The molecule has 0 aliphatic rings. The fraction of sp³-hybridized carbons (Fsp3) is 0. The maximum Gasteiger partial charge on any atom is 0.307 e. The minimum atomic E-state index is -0.611. The Hall–Kier alpha value is -2.04. The van der Waals surface area contributed by atoms with Crippen molar-refractivity contribution in [3.05, 3.63) is 51.3 Å². The van der Waals surface area contributed by atoms with Crippen LogP contribution >= 0.6 is 0 Å². The first-order valence-electron chi connectivity index (χ1n) is 3.61. The molecule has 5 heteroatoms. The Kier molecular flexibility index (Phi) is 1.45. The first-order chi connectivity index (χ1) is 6.18. The fourth-order valence-electron chi connectivity index (χ4n) is 1.11. The Balaban J connectivity index is 3.06. The van der Waals surface area contributed by atoms with Crippen molar-refractivity contribution < 1.29 is 5.21 Å². The number of pyridine rings is 1. The van der Waals surface area contributed by atoms with Crippen molar-refractivity contribution in [2.45, 2.75) is 0 Å². The maximum absolute atomic E-state index is 11.2. The van der Waals surface area contributed by atoms with Crippen molar-refractivity contribution in [3.8, 4) is 0 Å². The predicted molar refractivity (Wildman–Crippen MR) is 45.1 cm³/mol. The van der Waals surface area contributed by atoms with Crippen LogP contribution in [-0.2, 0) is 0 Å². The molecule has 2 heterocycles. The second kappa shape index (κ2) is 2.48. The Morgan fingerprint density at radius 2 is 1.92 bits per heavy atom. The molecule has 0 bridgehead atoms. The monoisotopic (exact) mass is 178 g/mol. The maximum atomic E-state index is 11.2. The van der Waals surface area contributed by atoms with Gasteiger partial charge in [0.1, 0.15) is 5.52 Å². The second-order valence-corrected chi connectivity index (χ2v) is 2.60. The Morgan fingerprint density at radius 1 is 1.15 bits per heavy atom. The van der Waals surface area contributed by atoms with Gasteiger partial charge < -0.3 is 9.61 Å². The van der Waals surface area contributed by atoms with Crippen molar-refractivity contribution in [1.29, 1.82) is 0 Å². The lowest BCUT2D eigenvalue weighted by Crippen LogP contribution is -2.20. The summed E-state index contributed by atoms with van der Waals surface area (Å²) >= 11 is 0. The van der Waals surface area contributed by atoms with Gasteiger partial charge in [-0.1, -0.05) is 0 Å². The zero-order valence-electron chi connectivity index (χ0n) is 6.54. The van der Waals surface area contributed by atoms with Gasteiger partial charge in [-0.05, 0) is 0 Å². The van der Waals surface area contributed by atoms with Gasteiger partial charge in [-0.2, -0.15) is 4.73 Å². The number of fused-ring (bicyclic) bond motifs is 1. The molecule has 0 saturated heterocycles. The Morgan fingerprint density at radius 3 is 2.69 bits per heavy atom. The van der Waals surface area contributed by atoms with Crippen LogP contribution in [0.1, 0.15) is 0 Å². The van der Waals surface area contributed by atoms with Crippen molar-refractivity contribution in [2.24, 2.45) is 0 Å². The Bertz CT molecular complexity index is 567. The molecule has 0 unspecified atom stereocenters. The first kappa shape index (κ1) is 7.60. The number of hydrogen-bond acceptors (Lipinski definition) is 3. The zero-order valence-corrected chi connectivity index (χ0v) is 6.54. The number of aromatic nitrogens is 2. The van der Waals surface area contributed by atoms with E-state index in [2.05, 4.69) is 0 Å². The molecule has 0 aromatic carbocycles. The van der Waals surface area contributed by atoms with Crippen LogP contribution in [0.15, 0.2) is 40.3 Å². The summed E-state index contributed by atoms with van der Waals surface area (Å²) in [5.41, 5.74) is -0.721. The van der Waals surface area contributed by atoms with E-state index in [1.165, 1.54) is 35.1 Å². The molecule has 0 saturated carbocycles. The second-order valence-electron chi connectivity index (χ2n) is 2.60. The number of hydrogen-bond donors (Lipinski definition) is 1. The van der Waals surface area contributed by atoms with Gasteiger partial charge in [-0.15, -0.1) is 0 Å². The minimum absolute atomic E-state index is 0.150. The van der Waals surface area contributed by atoms with Crippen LogP contribution in [0, 0.1) is 0 Å². The molecule has 0 atom stereocenters. The lowest BCUT2D eigenvalue weighted by molar-refractivity contribution is 0.175. The molecule has 0 aliphatic carbocycles. The summed E-state index contributed by atoms with van der Waals surface area (Å²) in [6.45, 7) is 0. The van der Waals surface area contributed by atoms with Crippen molar-refractivity contribution >= 4 is 5.52 Å². The van der Waals surface area contributed by atoms with E-state index < -0.39 is 5.56 Å². The SMILES string of the molecule is O=c1ccn2ccn(O)c(=O)c2c1. The third-order valence-electron chi connectivity index (χ3n) is 1.75. The topological polar surface area (TPSA) is 63.7 Å². The van der Waals surface area contributed by atoms with Gasteiger partial charge >= 0.3 is 5.56 Å². The average molecular weight is 178 g/mol. The van der Waals surface area contributed by atoms with E-state index in [1.54, 1.807) is 0 Å². The molecular formula is C8H6N2O3. The molecule has 5 nitrogen and oxygen atoms in total. The largest absolute Gasteiger partial charge is 0.425 e. The lowest BCUT2D eigenvalue weighted by atomic mass is 10.4. The van der Waals surface area contributed by atoms with E-state index in [9.17, 15) is 9.59 Å². The fourth-order valence-corrected chi connectivity index (χ4v) is 1.11. The first-order valence-corrected chi connectivity index (χ1v) is 3.61. The molecule has 0 fully saturated rings. The van der Waals surface area contributed by atoms with E-state index in [1.807, 2.05) is 0 Å². The minimum Gasteiger partial charge on any atom is -0.425 e. The molecule has 0 radical (unpaired) electrons. The van der Waals surface area contributed by atoms with Gasteiger partial charge in [-0.25, -0.2) is 0 Å². The average Bonchev–Trinajstić information content (AvgIpc) is 2.12. The standard InChI is InChI=1S/C8H6N2O3/c11-6-1-2-9-3-4-10(13)8(12)7(9)5-6/h1-5,13H. The summed E-state index contributed by atoms with van der Waals surface area (Å²) in [4.78, 5) is 22.1. The summed E-state index contributed by atoms with van der Waals surface area (Å²) in [6, 6.07) is 2.52. The lowest BCUT2D eigenvalue weighted by Gasteiger charge is -2.00. The molecule has 2 aromatic heterocycles. The van der Waals surface area contributed by atoms with Crippen LogP contribution in [0.3, 0.4) is 0 Å². The highest BCUT2D eigenvalue weighted by atomic mass is 16.5. The van der Waals surface area contributed by atoms with Gasteiger partial charge in [0.2, 0.25) is 0 Å². The van der Waals surface area contributed by atoms with E-state index in [4.69, 9.17) is 5.21 Å². The molecule has 1 N–H and O–H groups in total. The third-order valence-corrected chi connectivity index (χ3v) is 1.75. The summed E-state index contributed by atoms with van der Waals surface area (Å²) in [5.74, 6) is 0. The molecule has 66 valence electrons. The summed E-state index contributed by atoms with van der Waals surface area (Å²) in [7, 11) is 0. The number of rotatable bonds is 0. The summed E-state index contributed by atoms with van der Waals surface area (Å²) in [6.07, 6.45) is 4.16. The Labute approximate surface area is 72.1 Å². The van der Waals surface area contributed by atoms with Crippen molar-refractivity contribution in [1.82, 2.24) is 9.13 Å². The van der Waals surface area contributed by atoms with Gasteiger partial charge in [0.15, 0.2) is 5.43 Å². The highest BCUT2D eigenvalue weighted by molar-refractivity contribution is 5.43. The van der Waals surface area contributed by atoms with Crippen LogP contribution in [0.25, 0.3) is 5.52 Å². The molecule has 2 rings (SSSR count).